The Kier molecular flexibility index (Phi) is 5.44. The zero-order valence-electron chi connectivity index (χ0n) is 27.9. The van der Waals surface area contributed by atoms with Crippen molar-refractivity contribution in [3.63, 3.8) is 0 Å². The highest BCUT2D eigenvalue weighted by atomic mass is 16.3. The van der Waals surface area contributed by atoms with Crippen molar-refractivity contribution in [3.8, 4) is 17.1 Å². The summed E-state index contributed by atoms with van der Waals surface area (Å²) in [6.45, 7) is 0. The van der Waals surface area contributed by atoms with E-state index in [9.17, 15) is 0 Å². The number of hydrogen-bond acceptors (Lipinski definition) is 2. The molecule has 0 N–H and O–H groups in total. The van der Waals surface area contributed by atoms with Gasteiger partial charge in [-0.05, 0) is 66.7 Å². The lowest BCUT2D eigenvalue weighted by Crippen LogP contribution is -1.99. The largest absolute Gasteiger partial charge is 0.455 e. The van der Waals surface area contributed by atoms with Crippen LogP contribution >= 0.6 is 0 Å². The third-order valence-corrected chi connectivity index (χ3v) is 10.9. The number of pyridine rings is 1. The maximum atomic E-state index is 7.13. The Hall–Kier alpha value is -7.11. The van der Waals surface area contributed by atoms with Crippen molar-refractivity contribution in [1.82, 2.24) is 18.7 Å². The van der Waals surface area contributed by atoms with Crippen LogP contribution < -0.4 is 0 Å². The van der Waals surface area contributed by atoms with E-state index in [0.29, 0.717) is 0 Å². The first-order valence-electron chi connectivity index (χ1n) is 17.6. The minimum atomic E-state index is 0.901. The molecule has 0 aliphatic heterocycles. The smallest absolute Gasteiger partial charge is 0.145 e. The van der Waals surface area contributed by atoms with Crippen molar-refractivity contribution >= 4 is 87.4 Å². The molecule has 12 rings (SSSR count). The zero-order chi connectivity index (χ0) is 33.9. The molecular formula is C47H28N4O. The van der Waals surface area contributed by atoms with Crippen LogP contribution in [0.15, 0.2) is 175 Å². The first kappa shape index (κ1) is 27.7. The molecule has 0 atom stereocenters. The van der Waals surface area contributed by atoms with E-state index in [2.05, 4.69) is 171 Å². The molecule has 5 aromatic heterocycles. The standard InChI is InChI=1S/C47H28N4O/c1-2-12-29(13-3-1)49-40-20-10-6-16-36(40)44-42(49)24-22-34-35-23-25-43-45(47(35)52-46(34)44)37-17-7-11-21-41(37)51(43)31-26-30(27-48-28-31)50-38-18-8-4-14-32(38)33-15-5-9-19-39(33)50/h1-28H. The van der Waals surface area contributed by atoms with Gasteiger partial charge in [0, 0.05) is 38.0 Å². The molecule has 0 saturated heterocycles. The molecule has 242 valence electrons. The number of aromatic nitrogens is 4. The molecule has 0 aliphatic rings. The second-order valence-corrected chi connectivity index (χ2v) is 13.6. The van der Waals surface area contributed by atoms with Crippen LogP contribution in [0.1, 0.15) is 0 Å². The normalized spacial score (nSPS) is 12.2. The third-order valence-electron chi connectivity index (χ3n) is 10.9. The minimum Gasteiger partial charge on any atom is -0.455 e. The number of benzene rings is 7. The Morgan fingerprint density at radius 3 is 1.25 bits per heavy atom. The molecule has 0 radical (unpaired) electrons. The number of rotatable bonds is 3. The minimum absolute atomic E-state index is 0.901. The molecule has 0 fully saturated rings. The van der Waals surface area contributed by atoms with Crippen LogP contribution in [-0.4, -0.2) is 18.7 Å². The van der Waals surface area contributed by atoms with Crippen LogP contribution in [-0.2, 0) is 0 Å². The third kappa shape index (κ3) is 3.59. The fourth-order valence-electron chi connectivity index (χ4n) is 8.79. The van der Waals surface area contributed by atoms with Crippen molar-refractivity contribution in [2.75, 3.05) is 0 Å². The molecule has 0 spiro atoms. The van der Waals surface area contributed by atoms with Gasteiger partial charge in [-0.3, -0.25) is 4.98 Å². The van der Waals surface area contributed by atoms with Crippen molar-refractivity contribution in [3.05, 3.63) is 170 Å². The van der Waals surface area contributed by atoms with Crippen LogP contribution in [0.2, 0.25) is 0 Å². The molecule has 0 unspecified atom stereocenters. The van der Waals surface area contributed by atoms with Gasteiger partial charge in [0.25, 0.3) is 0 Å². The summed E-state index contributed by atoms with van der Waals surface area (Å²) in [6.07, 6.45) is 3.93. The Morgan fingerprint density at radius 1 is 0.327 bits per heavy atom. The Balaban J connectivity index is 1.15. The zero-order valence-corrected chi connectivity index (χ0v) is 27.9. The Morgan fingerprint density at radius 2 is 0.731 bits per heavy atom. The molecule has 12 aromatic rings. The van der Waals surface area contributed by atoms with E-state index in [0.717, 1.165) is 88.3 Å². The van der Waals surface area contributed by atoms with Crippen molar-refractivity contribution in [2.24, 2.45) is 0 Å². The van der Waals surface area contributed by atoms with Crippen LogP contribution in [0.3, 0.4) is 0 Å². The lowest BCUT2D eigenvalue weighted by Gasteiger charge is -2.12. The summed E-state index contributed by atoms with van der Waals surface area (Å²) in [4.78, 5) is 4.84. The monoisotopic (exact) mass is 664 g/mol. The maximum Gasteiger partial charge on any atom is 0.145 e. The van der Waals surface area contributed by atoms with E-state index in [1.165, 1.54) is 16.2 Å². The SMILES string of the molecule is c1ccc(-n2c3ccccc3c3c4oc5c(ccc6c5c5ccccc5n6-c5cncc(-n6c7ccccc7c7ccccc76)c5)c4ccc32)cc1. The summed E-state index contributed by atoms with van der Waals surface area (Å²) in [7, 11) is 0. The topological polar surface area (TPSA) is 40.8 Å². The highest BCUT2D eigenvalue weighted by Gasteiger charge is 2.23. The van der Waals surface area contributed by atoms with Gasteiger partial charge in [0.1, 0.15) is 11.2 Å². The molecule has 0 aliphatic carbocycles. The summed E-state index contributed by atoms with van der Waals surface area (Å²) in [5.74, 6) is 0. The molecule has 0 amide bonds. The Labute approximate surface area is 296 Å². The van der Waals surface area contributed by atoms with Gasteiger partial charge < -0.3 is 18.1 Å². The maximum absolute atomic E-state index is 7.13. The van der Waals surface area contributed by atoms with Crippen molar-refractivity contribution < 1.29 is 4.42 Å². The van der Waals surface area contributed by atoms with E-state index in [1.807, 2.05) is 12.4 Å². The van der Waals surface area contributed by atoms with Gasteiger partial charge in [-0.2, -0.15) is 0 Å². The van der Waals surface area contributed by atoms with E-state index in [-0.39, 0.29) is 0 Å². The molecule has 0 bridgehead atoms. The van der Waals surface area contributed by atoms with E-state index < -0.39 is 0 Å². The van der Waals surface area contributed by atoms with Gasteiger partial charge in [-0.25, -0.2) is 0 Å². The first-order valence-corrected chi connectivity index (χ1v) is 17.6. The van der Waals surface area contributed by atoms with Gasteiger partial charge in [-0.1, -0.05) is 91.0 Å². The van der Waals surface area contributed by atoms with Gasteiger partial charge in [0.05, 0.1) is 67.6 Å². The molecule has 0 saturated carbocycles. The quantitative estimate of drug-likeness (QED) is 0.189. The summed E-state index contributed by atoms with van der Waals surface area (Å²) in [5, 5.41) is 9.25. The molecule has 7 aromatic carbocycles. The van der Waals surface area contributed by atoms with Crippen LogP contribution in [0.25, 0.3) is 104 Å². The van der Waals surface area contributed by atoms with Gasteiger partial charge >= 0.3 is 0 Å². The summed E-state index contributed by atoms with van der Waals surface area (Å²) >= 11 is 0. The predicted molar refractivity (Wildman–Crippen MR) is 215 cm³/mol. The van der Waals surface area contributed by atoms with Crippen LogP contribution in [0.5, 0.6) is 0 Å². The molecule has 5 nitrogen and oxygen atoms in total. The lowest BCUT2D eigenvalue weighted by molar-refractivity contribution is 0.677. The molecule has 5 heterocycles. The summed E-state index contributed by atoms with van der Waals surface area (Å²) in [5.41, 5.74) is 11.8. The number of fused-ring (bicyclic) bond motifs is 14. The average molecular weight is 665 g/mol. The van der Waals surface area contributed by atoms with Crippen molar-refractivity contribution in [1.29, 1.82) is 0 Å². The van der Waals surface area contributed by atoms with Crippen molar-refractivity contribution in [2.45, 2.75) is 0 Å². The van der Waals surface area contributed by atoms with Gasteiger partial charge in [-0.15, -0.1) is 0 Å². The lowest BCUT2D eigenvalue weighted by atomic mass is 10.1. The summed E-state index contributed by atoms with van der Waals surface area (Å²) in [6, 6.07) is 56.3. The highest BCUT2D eigenvalue weighted by Crippen LogP contribution is 2.45. The summed E-state index contributed by atoms with van der Waals surface area (Å²) < 4.78 is 14.1. The second kappa shape index (κ2) is 10.2. The molecule has 52 heavy (non-hydrogen) atoms. The number of furan rings is 1. The van der Waals surface area contributed by atoms with E-state index >= 15 is 0 Å². The number of nitrogens with zero attached hydrogens (tertiary/aromatic N) is 4. The average Bonchev–Trinajstić information content (AvgIpc) is 3.94. The van der Waals surface area contributed by atoms with Gasteiger partial charge in [0.15, 0.2) is 0 Å². The van der Waals surface area contributed by atoms with Crippen LogP contribution in [0.4, 0.5) is 0 Å². The van der Waals surface area contributed by atoms with E-state index in [1.54, 1.807) is 0 Å². The van der Waals surface area contributed by atoms with Gasteiger partial charge in [0.2, 0.25) is 0 Å². The first-order chi connectivity index (χ1) is 25.8. The second-order valence-electron chi connectivity index (χ2n) is 13.6. The fraction of sp³-hybridized carbons (Fsp3) is 0. The molecular weight excluding hydrogens is 637 g/mol. The van der Waals surface area contributed by atoms with E-state index in [4.69, 9.17) is 9.40 Å². The number of para-hydroxylation sites is 5. The highest BCUT2D eigenvalue weighted by molar-refractivity contribution is 6.29. The molecule has 5 heteroatoms. The Bertz CT molecular complexity index is 3360. The van der Waals surface area contributed by atoms with Crippen LogP contribution in [0, 0.1) is 0 Å². The number of hydrogen-bond donors (Lipinski definition) is 0. The fourth-order valence-corrected chi connectivity index (χ4v) is 8.79. The predicted octanol–water partition coefficient (Wildman–Crippen LogP) is 12.3.